The van der Waals surface area contributed by atoms with Gasteiger partial charge in [-0.15, -0.1) is 0 Å². The Labute approximate surface area is 159 Å². The number of benzene rings is 3. The Hall–Kier alpha value is -3.34. The molecular weight excluding hydrogens is 342 g/mol. The van der Waals surface area contributed by atoms with Crippen LogP contribution < -0.4 is 24.3 Å². The minimum Gasteiger partial charge on any atom is -0.493 e. The molecule has 0 aliphatic heterocycles. The van der Waals surface area contributed by atoms with Crippen molar-refractivity contribution in [2.24, 2.45) is 0 Å². The molecule has 0 heterocycles. The summed E-state index contributed by atoms with van der Waals surface area (Å²) in [7, 11) is 4.82. The van der Waals surface area contributed by atoms with Crippen LogP contribution in [0.15, 0.2) is 66.7 Å². The molecule has 0 unspecified atom stereocenters. The van der Waals surface area contributed by atoms with E-state index in [9.17, 15) is 0 Å². The molecule has 1 N–H and O–H groups in total. The number of ether oxygens (including phenoxy) is 4. The van der Waals surface area contributed by atoms with Gasteiger partial charge in [0.15, 0.2) is 11.5 Å². The third-order valence-corrected chi connectivity index (χ3v) is 4.05. The Morgan fingerprint density at radius 3 is 1.85 bits per heavy atom. The first-order chi connectivity index (χ1) is 13.2. The molecule has 0 bridgehead atoms. The summed E-state index contributed by atoms with van der Waals surface area (Å²) in [6, 6.07) is 21.4. The van der Waals surface area contributed by atoms with Gasteiger partial charge in [-0.05, 0) is 54.1 Å². The van der Waals surface area contributed by atoms with Crippen LogP contribution in [0.2, 0.25) is 0 Å². The quantitative estimate of drug-likeness (QED) is 0.601. The maximum atomic E-state index is 5.81. The molecule has 0 aliphatic rings. The molecule has 0 aliphatic carbocycles. The lowest BCUT2D eigenvalue weighted by molar-refractivity contribution is 0.324. The van der Waals surface area contributed by atoms with Crippen LogP contribution in [0, 0.1) is 0 Å². The number of hydrogen-bond acceptors (Lipinski definition) is 5. The highest BCUT2D eigenvalue weighted by molar-refractivity contribution is 5.55. The monoisotopic (exact) mass is 365 g/mol. The molecule has 0 spiro atoms. The Morgan fingerprint density at radius 2 is 1.30 bits per heavy atom. The van der Waals surface area contributed by atoms with Crippen molar-refractivity contribution in [1.82, 2.24) is 0 Å². The van der Waals surface area contributed by atoms with E-state index >= 15 is 0 Å². The summed E-state index contributed by atoms with van der Waals surface area (Å²) < 4.78 is 22.0. The van der Waals surface area contributed by atoms with Crippen LogP contribution >= 0.6 is 0 Å². The van der Waals surface area contributed by atoms with Crippen LogP contribution in [0.5, 0.6) is 28.7 Å². The third kappa shape index (κ3) is 4.64. The molecule has 3 aromatic carbocycles. The lowest BCUT2D eigenvalue weighted by Gasteiger charge is -2.15. The van der Waals surface area contributed by atoms with E-state index in [4.69, 9.17) is 18.9 Å². The maximum Gasteiger partial charge on any atom is 0.203 e. The van der Waals surface area contributed by atoms with E-state index in [0.717, 1.165) is 22.7 Å². The number of nitrogens with one attached hydrogen (secondary N) is 1. The Balaban J connectivity index is 1.66. The van der Waals surface area contributed by atoms with E-state index in [1.54, 1.807) is 21.3 Å². The lowest BCUT2D eigenvalue weighted by atomic mass is 10.1. The van der Waals surface area contributed by atoms with Crippen LogP contribution in [0.1, 0.15) is 5.56 Å². The molecule has 140 valence electrons. The summed E-state index contributed by atoms with van der Waals surface area (Å²) >= 11 is 0. The highest BCUT2D eigenvalue weighted by atomic mass is 16.5. The van der Waals surface area contributed by atoms with Gasteiger partial charge in [0, 0.05) is 12.2 Å². The second-order valence-electron chi connectivity index (χ2n) is 5.83. The molecule has 0 fully saturated rings. The number of para-hydroxylation sites is 1. The van der Waals surface area contributed by atoms with Crippen LogP contribution in [-0.4, -0.2) is 21.3 Å². The van der Waals surface area contributed by atoms with Gasteiger partial charge < -0.3 is 24.3 Å². The second-order valence-corrected chi connectivity index (χ2v) is 5.83. The molecule has 0 radical (unpaired) electrons. The van der Waals surface area contributed by atoms with Crippen LogP contribution in [-0.2, 0) is 6.54 Å². The summed E-state index contributed by atoms with van der Waals surface area (Å²) in [6.45, 7) is 0.621. The van der Waals surface area contributed by atoms with Gasteiger partial charge in [-0.3, -0.25) is 0 Å². The zero-order chi connectivity index (χ0) is 19.1. The Kier molecular flexibility index (Phi) is 6.05. The highest BCUT2D eigenvalue weighted by Crippen LogP contribution is 2.38. The van der Waals surface area contributed by atoms with Gasteiger partial charge in [0.25, 0.3) is 0 Å². The molecule has 27 heavy (non-hydrogen) atoms. The van der Waals surface area contributed by atoms with E-state index in [1.165, 1.54) is 0 Å². The average Bonchev–Trinajstić information content (AvgIpc) is 2.73. The third-order valence-electron chi connectivity index (χ3n) is 4.05. The van der Waals surface area contributed by atoms with E-state index in [2.05, 4.69) is 5.32 Å². The number of anilines is 1. The first-order valence-corrected chi connectivity index (χ1v) is 8.59. The van der Waals surface area contributed by atoms with Crippen LogP contribution in [0.25, 0.3) is 0 Å². The fraction of sp³-hybridized carbons (Fsp3) is 0.182. The molecule has 0 aromatic heterocycles. The van der Waals surface area contributed by atoms with Crippen LogP contribution in [0.3, 0.4) is 0 Å². The normalized spacial score (nSPS) is 10.2. The SMILES string of the molecule is COc1cc(CNc2ccc(Oc3ccccc3)cc2)cc(OC)c1OC. The number of methoxy groups -OCH3 is 3. The molecular formula is C22H23NO4. The zero-order valence-corrected chi connectivity index (χ0v) is 15.7. The second kappa shape index (κ2) is 8.85. The fourth-order valence-corrected chi connectivity index (χ4v) is 2.71. The van der Waals surface area contributed by atoms with Crippen LogP contribution in [0.4, 0.5) is 5.69 Å². The summed E-state index contributed by atoms with van der Waals surface area (Å²) in [6.07, 6.45) is 0. The fourth-order valence-electron chi connectivity index (χ4n) is 2.71. The van der Waals surface area contributed by atoms with Gasteiger partial charge in [-0.25, -0.2) is 0 Å². The van der Waals surface area contributed by atoms with Crippen molar-refractivity contribution in [1.29, 1.82) is 0 Å². The van der Waals surface area contributed by atoms with Crippen molar-refractivity contribution >= 4 is 5.69 Å². The highest BCUT2D eigenvalue weighted by Gasteiger charge is 2.13. The van der Waals surface area contributed by atoms with Gasteiger partial charge in [0.05, 0.1) is 21.3 Å². The minimum atomic E-state index is 0.589. The van der Waals surface area contributed by atoms with E-state index in [0.29, 0.717) is 23.8 Å². The van der Waals surface area contributed by atoms with Crippen molar-refractivity contribution < 1.29 is 18.9 Å². The molecule has 0 atom stereocenters. The lowest BCUT2D eigenvalue weighted by Crippen LogP contribution is -2.02. The molecule has 5 heteroatoms. The molecule has 3 rings (SSSR count). The standard InChI is InChI=1S/C22H23NO4/c1-24-20-13-16(14-21(25-2)22(20)26-3)15-23-17-9-11-19(12-10-17)27-18-7-5-4-6-8-18/h4-14,23H,15H2,1-3H3. The van der Waals surface area contributed by atoms with Crippen molar-refractivity contribution in [3.63, 3.8) is 0 Å². The molecule has 5 nitrogen and oxygen atoms in total. The van der Waals surface area contributed by atoms with Gasteiger partial charge in [0.1, 0.15) is 11.5 Å². The molecule has 0 saturated heterocycles. The predicted molar refractivity (Wildman–Crippen MR) is 106 cm³/mol. The van der Waals surface area contributed by atoms with Gasteiger partial charge in [0.2, 0.25) is 5.75 Å². The largest absolute Gasteiger partial charge is 0.493 e. The van der Waals surface area contributed by atoms with Gasteiger partial charge in [-0.2, -0.15) is 0 Å². The smallest absolute Gasteiger partial charge is 0.203 e. The number of hydrogen-bond donors (Lipinski definition) is 1. The maximum absolute atomic E-state index is 5.81. The number of rotatable bonds is 8. The van der Waals surface area contributed by atoms with Gasteiger partial charge in [-0.1, -0.05) is 18.2 Å². The molecule has 0 amide bonds. The average molecular weight is 365 g/mol. The first-order valence-electron chi connectivity index (χ1n) is 8.59. The van der Waals surface area contributed by atoms with Crippen molar-refractivity contribution in [2.45, 2.75) is 6.54 Å². The minimum absolute atomic E-state index is 0.589. The topological polar surface area (TPSA) is 49.0 Å². The van der Waals surface area contributed by atoms with Crippen molar-refractivity contribution in [3.05, 3.63) is 72.3 Å². The van der Waals surface area contributed by atoms with Crippen molar-refractivity contribution in [2.75, 3.05) is 26.6 Å². The summed E-state index contributed by atoms with van der Waals surface area (Å²) in [5.74, 6) is 3.47. The van der Waals surface area contributed by atoms with E-state index in [-0.39, 0.29) is 0 Å². The zero-order valence-electron chi connectivity index (χ0n) is 15.7. The Bertz CT molecular complexity index is 838. The van der Waals surface area contributed by atoms with E-state index < -0.39 is 0 Å². The summed E-state index contributed by atoms with van der Waals surface area (Å²) in [5, 5.41) is 3.38. The summed E-state index contributed by atoms with van der Waals surface area (Å²) in [4.78, 5) is 0. The summed E-state index contributed by atoms with van der Waals surface area (Å²) in [5.41, 5.74) is 2.01. The van der Waals surface area contributed by atoms with Gasteiger partial charge >= 0.3 is 0 Å². The van der Waals surface area contributed by atoms with Crippen molar-refractivity contribution in [3.8, 4) is 28.7 Å². The first kappa shape index (κ1) is 18.5. The predicted octanol–water partition coefficient (Wildman–Crippen LogP) is 5.12. The Morgan fingerprint density at radius 1 is 0.704 bits per heavy atom. The molecule has 0 saturated carbocycles. The molecule has 3 aromatic rings. The van der Waals surface area contributed by atoms with E-state index in [1.807, 2.05) is 66.7 Å².